The maximum absolute atomic E-state index is 14.1. The van der Waals surface area contributed by atoms with Crippen molar-refractivity contribution in [2.75, 3.05) is 0 Å². The van der Waals surface area contributed by atoms with Crippen LogP contribution in [0.5, 0.6) is 5.75 Å². The van der Waals surface area contributed by atoms with Crippen LogP contribution in [0.25, 0.3) is 0 Å². The van der Waals surface area contributed by atoms with Crippen LogP contribution in [-0.2, 0) is 20.8 Å². The van der Waals surface area contributed by atoms with Gasteiger partial charge in [0.1, 0.15) is 5.75 Å². The van der Waals surface area contributed by atoms with E-state index in [4.69, 9.17) is 0 Å². The molecular formula is C31H36O6. The largest absolute Gasteiger partial charge is 0.506 e. The third-order valence-electron chi connectivity index (χ3n) is 8.72. The highest BCUT2D eigenvalue weighted by Crippen LogP contribution is 2.62. The molecule has 6 heteroatoms. The second-order valence-electron chi connectivity index (χ2n) is 12.1. The Morgan fingerprint density at radius 2 is 1.84 bits per heavy atom. The SMILES string of the molecule is CCCC#Cc1cc(C(C)C)c2c(c1O)C(=O)C1C(=O)C3(O)C(=O)C(C(C)=O)=C(C)CC3(C)CC1(C)C2. The lowest BCUT2D eigenvalue weighted by Gasteiger charge is -2.58. The summed E-state index contributed by atoms with van der Waals surface area (Å²) in [6.07, 6.45) is 2.28. The number of unbranched alkanes of at least 4 members (excludes halogenated alkanes) is 1. The van der Waals surface area contributed by atoms with E-state index >= 15 is 0 Å². The molecule has 4 unspecified atom stereocenters. The Balaban J connectivity index is 1.95. The fourth-order valence-electron chi connectivity index (χ4n) is 7.26. The summed E-state index contributed by atoms with van der Waals surface area (Å²) in [6.45, 7) is 12.5. The van der Waals surface area contributed by atoms with Crippen LogP contribution in [-0.4, -0.2) is 38.9 Å². The minimum Gasteiger partial charge on any atom is -0.506 e. The van der Waals surface area contributed by atoms with Gasteiger partial charge in [0.25, 0.3) is 0 Å². The van der Waals surface area contributed by atoms with E-state index in [2.05, 4.69) is 11.8 Å². The molecule has 1 saturated carbocycles. The summed E-state index contributed by atoms with van der Waals surface area (Å²) in [7, 11) is 0. The Labute approximate surface area is 218 Å². The average molecular weight is 505 g/mol. The molecule has 2 N–H and O–H groups in total. The zero-order valence-electron chi connectivity index (χ0n) is 22.8. The Bertz CT molecular complexity index is 1350. The van der Waals surface area contributed by atoms with Gasteiger partial charge in [0.2, 0.25) is 5.78 Å². The van der Waals surface area contributed by atoms with Gasteiger partial charge in [-0.3, -0.25) is 19.2 Å². The van der Waals surface area contributed by atoms with E-state index in [1.807, 2.05) is 33.8 Å². The molecule has 0 aliphatic heterocycles. The Morgan fingerprint density at radius 3 is 2.41 bits per heavy atom. The molecule has 196 valence electrons. The van der Waals surface area contributed by atoms with Crippen LogP contribution in [0.1, 0.15) is 107 Å². The number of allylic oxidation sites excluding steroid dienone is 1. The molecule has 0 amide bonds. The van der Waals surface area contributed by atoms with Crippen molar-refractivity contribution < 1.29 is 29.4 Å². The minimum atomic E-state index is -2.49. The van der Waals surface area contributed by atoms with Crippen LogP contribution >= 0.6 is 0 Å². The van der Waals surface area contributed by atoms with Gasteiger partial charge in [0.15, 0.2) is 23.0 Å². The number of phenols is 1. The summed E-state index contributed by atoms with van der Waals surface area (Å²) in [6, 6.07) is 1.84. The third kappa shape index (κ3) is 3.66. The number of aliphatic hydroxyl groups is 1. The molecule has 1 aromatic rings. The molecule has 4 atom stereocenters. The first-order chi connectivity index (χ1) is 17.1. The van der Waals surface area contributed by atoms with Crippen LogP contribution in [0, 0.1) is 28.6 Å². The Morgan fingerprint density at radius 1 is 1.19 bits per heavy atom. The molecule has 4 rings (SSSR count). The molecule has 37 heavy (non-hydrogen) atoms. The minimum absolute atomic E-state index is 0.0420. The van der Waals surface area contributed by atoms with Gasteiger partial charge >= 0.3 is 0 Å². The van der Waals surface area contributed by atoms with Crippen molar-refractivity contribution in [3.63, 3.8) is 0 Å². The standard InChI is InChI=1S/C31H36O6/c1-8-9-10-11-19-12-20(16(2)3)21-14-29(6)15-30(7)13-17(4)22(18(5)32)27(35)31(30,37)28(36)24(29)26(34)23(21)25(19)33/h12,16,24,33,37H,8-9,13-15H2,1-7H3. The molecule has 0 aromatic heterocycles. The zero-order valence-corrected chi connectivity index (χ0v) is 22.8. The van der Waals surface area contributed by atoms with E-state index < -0.39 is 45.5 Å². The highest BCUT2D eigenvalue weighted by molar-refractivity contribution is 6.33. The Kier molecular flexibility index (Phi) is 6.40. The highest BCUT2D eigenvalue weighted by atomic mass is 16.3. The number of Topliss-reactive ketones (excluding diaryl/α,β-unsaturated/α-hetero) is 4. The number of carbonyl (C=O) groups is 4. The van der Waals surface area contributed by atoms with Crippen molar-refractivity contribution in [2.24, 2.45) is 16.7 Å². The predicted molar refractivity (Wildman–Crippen MR) is 139 cm³/mol. The van der Waals surface area contributed by atoms with Crippen LogP contribution in [0.4, 0.5) is 0 Å². The van der Waals surface area contributed by atoms with E-state index in [1.165, 1.54) is 6.92 Å². The summed E-state index contributed by atoms with van der Waals surface area (Å²) in [4.78, 5) is 54.1. The molecular weight excluding hydrogens is 468 g/mol. The number of fused-ring (bicyclic) bond motifs is 3. The molecule has 1 fully saturated rings. The second kappa shape index (κ2) is 8.77. The van der Waals surface area contributed by atoms with Crippen molar-refractivity contribution in [1.82, 2.24) is 0 Å². The molecule has 3 aliphatic carbocycles. The fourth-order valence-corrected chi connectivity index (χ4v) is 7.26. The topological polar surface area (TPSA) is 109 Å². The van der Waals surface area contributed by atoms with Crippen LogP contribution in [0.3, 0.4) is 0 Å². The van der Waals surface area contributed by atoms with Gasteiger partial charge in [-0.2, -0.15) is 0 Å². The van der Waals surface area contributed by atoms with Crippen molar-refractivity contribution in [2.45, 2.75) is 92.1 Å². The lowest BCUT2D eigenvalue weighted by Crippen LogP contribution is -2.71. The summed E-state index contributed by atoms with van der Waals surface area (Å²) >= 11 is 0. The van der Waals surface area contributed by atoms with E-state index in [0.29, 0.717) is 29.5 Å². The molecule has 0 radical (unpaired) electrons. The van der Waals surface area contributed by atoms with Gasteiger partial charge in [0.05, 0.1) is 22.6 Å². The van der Waals surface area contributed by atoms with Crippen LogP contribution < -0.4 is 0 Å². The van der Waals surface area contributed by atoms with Gasteiger partial charge in [0, 0.05) is 11.8 Å². The molecule has 3 aliphatic rings. The van der Waals surface area contributed by atoms with Crippen LogP contribution in [0.2, 0.25) is 0 Å². The zero-order chi connectivity index (χ0) is 27.7. The van der Waals surface area contributed by atoms with Crippen LogP contribution in [0.15, 0.2) is 17.2 Å². The number of hydrogen-bond acceptors (Lipinski definition) is 6. The Hall–Kier alpha value is -3.04. The molecule has 0 spiro atoms. The normalized spacial score (nSPS) is 30.9. The number of ketones is 4. The van der Waals surface area contributed by atoms with Gasteiger partial charge in [-0.15, -0.1) is 0 Å². The summed E-state index contributed by atoms with van der Waals surface area (Å²) in [5, 5.41) is 23.0. The van der Waals surface area contributed by atoms with Gasteiger partial charge in [-0.25, -0.2) is 0 Å². The summed E-state index contributed by atoms with van der Waals surface area (Å²) in [5.74, 6) is 1.58. The van der Waals surface area contributed by atoms with Gasteiger partial charge in [-0.05, 0) is 68.1 Å². The fraction of sp³-hybridized carbons (Fsp3) is 0.548. The number of hydrogen-bond donors (Lipinski definition) is 2. The van der Waals surface area contributed by atoms with Gasteiger partial charge in [-0.1, -0.05) is 52.0 Å². The number of aromatic hydroxyl groups is 1. The van der Waals surface area contributed by atoms with Crippen molar-refractivity contribution in [3.8, 4) is 17.6 Å². The maximum atomic E-state index is 14.1. The maximum Gasteiger partial charge on any atom is 0.206 e. The van der Waals surface area contributed by atoms with E-state index in [9.17, 15) is 29.4 Å². The number of phenolic OH excluding ortho intramolecular Hbond substituents is 1. The first-order valence-corrected chi connectivity index (χ1v) is 13.1. The summed E-state index contributed by atoms with van der Waals surface area (Å²) in [5.41, 5.74) is -2.12. The first kappa shape index (κ1) is 27.0. The predicted octanol–water partition coefficient (Wildman–Crippen LogP) is 4.62. The number of benzene rings is 1. The van der Waals surface area contributed by atoms with E-state index in [-0.39, 0.29) is 35.6 Å². The molecule has 6 nitrogen and oxygen atoms in total. The van der Waals surface area contributed by atoms with Crippen molar-refractivity contribution in [3.05, 3.63) is 39.5 Å². The summed E-state index contributed by atoms with van der Waals surface area (Å²) < 4.78 is 0. The van der Waals surface area contributed by atoms with E-state index in [1.54, 1.807) is 13.8 Å². The van der Waals surface area contributed by atoms with Gasteiger partial charge < -0.3 is 10.2 Å². The lowest BCUT2D eigenvalue weighted by molar-refractivity contribution is -0.183. The lowest BCUT2D eigenvalue weighted by atomic mass is 9.44. The number of rotatable bonds is 3. The quantitative estimate of drug-likeness (QED) is 0.353. The van der Waals surface area contributed by atoms with Crippen molar-refractivity contribution >= 4 is 23.1 Å². The van der Waals surface area contributed by atoms with E-state index in [0.717, 1.165) is 12.0 Å². The molecule has 0 saturated heterocycles. The monoisotopic (exact) mass is 504 g/mol. The second-order valence-corrected chi connectivity index (χ2v) is 12.1. The molecule has 1 aromatic carbocycles. The average Bonchev–Trinajstić information content (AvgIpc) is 2.77. The highest BCUT2D eigenvalue weighted by Gasteiger charge is 2.71. The van der Waals surface area contributed by atoms with Crippen molar-refractivity contribution in [1.29, 1.82) is 0 Å². The third-order valence-corrected chi connectivity index (χ3v) is 8.72. The smallest absolute Gasteiger partial charge is 0.206 e. The molecule has 0 heterocycles. The number of carbonyl (C=O) groups excluding carboxylic acids is 4. The molecule has 0 bridgehead atoms. The first-order valence-electron chi connectivity index (χ1n) is 13.1.